The number of amides is 1. The largest absolute Gasteiger partial charge is 0.496 e. The van der Waals surface area contributed by atoms with Gasteiger partial charge < -0.3 is 19.6 Å². The molecule has 33 heavy (non-hydrogen) atoms. The molecular weight excluding hydrogens is 435 g/mol. The number of anilines is 1. The van der Waals surface area contributed by atoms with Crippen LogP contribution in [0.1, 0.15) is 27.9 Å². The first-order valence-corrected chi connectivity index (χ1v) is 10.6. The maximum Gasteiger partial charge on any atom is 0.417 e. The predicted molar refractivity (Wildman–Crippen MR) is 115 cm³/mol. The van der Waals surface area contributed by atoms with Gasteiger partial charge in [0.15, 0.2) is 0 Å². The van der Waals surface area contributed by atoms with Crippen LogP contribution >= 0.6 is 0 Å². The van der Waals surface area contributed by atoms with Crippen molar-refractivity contribution in [2.75, 3.05) is 44.8 Å². The van der Waals surface area contributed by atoms with E-state index < -0.39 is 22.7 Å². The van der Waals surface area contributed by atoms with Crippen LogP contribution < -0.4 is 9.64 Å². The summed E-state index contributed by atoms with van der Waals surface area (Å²) in [6.07, 6.45) is -4.09. The fraction of sp³-hybridized carbons (Fsp3) is 0.417. The van der Waals surface area contributed by atoms with Crippen molar-refractivity contribution in [2.24, 2.45) is 11.3 Å². The van der Waals surface area contributed by atoms with E-state index in [9.17, 15) is 23.1 Å². The molecule has 2 aromatic carbocycles. The number of aliphatic hydroxyl groups is 1. The quantitative estimate of drug-likeness (QED) is 0.757. The van der Waals surface area contributed by atoms with Gasteiger partial charge >= 0.3 is 6.18 Å². The molecule has 0 radical (unpaired) electrons. The molecule has 0 aromatic heterocycles. The Labute approximate surface area is 189 Å². The molecule has 2 atom stereocenters. The number of ether oxygens (including phenoxy) is 1. The van der Waals surface area contributed by atoms with Crippen LogP contribution in [0.25, 0.3) is 0 Å². The molecule has 0 unspecified atom stereocenters. The van der Waals surface area contributed by atoms with E-state index >= 15 is 0 Å². The van der Waals surface area contributed by atoms with E-state index in [2.05, 4.69) is 0 Å². The molecule has 2 aliphatic heterocycles. The summed E-state index contributed by atoms with van der Waals surface area (Å²) in [5.41, 5.74) is -1.07. The van der Waals surface area contributed by atoms with Crippen LogP contribution in [0, 0.1) is 22.7 Å². The van der Waals surface area contributed by atoms with Crippen molar-refractivity contribution in [3.8, 4) is 11.8 Å². The lowest BCUT2D eigenvalue weighted by molar-refractivity contribution is -0.137. The smallest absolute Gasteiger partial charge is 0.417 e. The number of likely N-dealkylation sites (tertiary alicyclic amines) is 1. The number of carbonyl (C=O) groups is 1. The number of fused-ring (bicyclic) bond motifs is 1. The van der Waals surface area contributed by atoms with Gasteiger partial charge in [0.2, 0.25) is 0 Å². The molecule has 0 aliphatic carbocycles. The number of para-hydroxylation sites is 1. The van der Waals surface area contributed by atoms with E-state index in [1.807, 2.05) is 4.90 Å². The molecule has 174 valence electrons. The second-order valence-electron chi connectivity index (χ2n) is 8.64. The minimum absolute atomic E-state index is 0.109. The summed E-state index contributed by atoms with van der Waals surface area (Å²) in [6, 6.07) is 12.3. The topological polar surface area (TPSA) is 76.8 Å². The third-order valence-corrected chi connectivity index (χ3v) is 6.87. The Morgan fingerprint density at radius 2 is 2.03 bits per heavy atom. The van der Waals surface area contributed by atoms with Crippen LogP contribution in [0.5, 0.6) is 5.75 Å². The van der Waals surface area contributed by atoms with Gasteiger partial charge in [-0.25, -0.2) is 0 Å². The van der Waals surface area contributed by atoms with Gasteiger partial charge in [0, 0.05) is 43.2 Å². The number of carbonyl (C=O) groups excluding carboxylic acids is 1. The predicted octanol–water partition coefficient (Wildman–Crippen LogP) is 3.55. The molecule has 9 heteroatoms. The number of halogens is 3. The average Bonchev–Trinajstić information content (AvgIpc) is 3.22. The van der Waals surface area contributed by atoms with Gasteiger partial charge in [0.05, 0.1) is 36.5 Å². The number of hydrogen-bond acceptors (Lipinski definition) is 5. The second kappa shape index (κ2) is 8.60. The normalized spacial score (nSPS) is 22.6. The van der Waals surface area contributed by atoms with Gasteiger partial charge in [-0.2, -0.15) is 18.4 Å². The van der Waals surface area contributed by atoms with Crippen LogP contribution in [0.15, 0.2) is 42.5 Å². The number of rotatable bonds is 4. The Morgan fingerprint density at radius 3 is 2.70 bits per heavy atom. The van der Waals surface area contributed by atoms with E-state index in [-0.39, 0.29) is 18.4 Å². The van der Waals surface area contributed by atoms with Crippen LogP contribution in [0.4, 0.5) is 18.9 Å². The zero-order valence-electron chi connectivity index (χ0n) is 18.1. The fourth-order valence-corrected chi connectivity index (χ4v) is 4.98. The highest BCUT2D eigenvalue weighted by Crippen LogP contribution is 2.45. The standard InChI is InChI=1S/C24H24F3N3O3/c1-33-21-5-3-2-4-19(21)22(32)30-13-17-12-29(9-8-23(17,14-30)15-31)18-7-6-16(11-28)20(10-18)24(25,26)27/h2-7,10,17,31H,8-9,12-15H2,1H3/t17-,23+/m1/s1. The molecule has 1 N–H and O–H groups in total. The van der Waals surface area contributed by atoms with E-state index in [0.29, 0.717) is 49.6 Å². The Kier molecular flexibility index (Phi) is 5.97. The second-order valence-corrected chi connectivity index (χ2v) is 8.64. The summed E-state index contributed by atoms with van der Waals surface area (Å²) in [5.74, 6) is 0.160. The summed E-state index contributed by atoms with van der Waals surface area (Å²) in [6.45, 7) is 1.50. The van der Waals surface area contributed by atoms with Crippen molar-refractivity contribution in [3.63, 3.8) is 0 Å². The first-order valence-electron chi connectivity index (χ1n) is 10.6. The lowest BCUT2D eigenvalue weighted by Gasteiger charge is -2.43. The van der Waals surface area contributed by atoms with Crippen molar-refractivity contribution in [1.82, 2.24) is 4.90 Å². The molecule has 2 fully saturated rings. The zero-order chi connectivity index (χ0) is 23.8. The summed E-state index contributed by atoms with van der Waals surface area (Å²) < 4.78 is 45.6. The van der Waals surface area contributed by atoms with Crippen LogP contribution in [-0.4, -0.2) is 55.8 Å². The average molecular weight is 459 g/mol. The van der Waals surface area contributed by atoms with E-state index in [1.165, 1.54) is 19.2 Å². The molecular formula is C24H24F3N3O3. The molecule has 2 aromatic rings. The minimum Gasteiger partial charge on any atom is -0.496 e. The summed E-state index contributed by atoms with van der Waals surface area (Å²) >= 11 is 0. The Morgan fingerprint density at radius 1 is 1.27 bits per heavy atom. The summed E-state index contributed by atoms with van der Waals surface area (Å²) in [7, 11) is 1.50. The third kappa shape index (κ3) is 4.11. The molecule has 2 heterocycles. The van der Waals surface area contributed by atoms with Crippen LogP contribution in [0.3, 0.4) is 0 Å². The van der Waals surface area contributed by atoms with Crippen molar-refractivity contribution >= 4 is 11.6 Å². The van der Waals surface area contributed by atoms with E-state index in [4.69, 9.17) is 10.00 Å². The number of alkyl halides is 3. The number of methoxy groups -OCH3 is 1. The van der Waals surface area contributed by atoms with Gasteiger partial charge in [-0.1, -0.05) is 12.1 Å². The van der Waals surface area contributed by atoms with E-state index in [0.717, 1.165) is 6.07 Å². The first-order chi connectivity index (χ1) is 15.7. The number of nitriles is 1. The number of nitrogens with zero attached hydrogens (tertiary/aromatic N) is 3. The molecule has 6 nitrogen and oxygen atoms in total. The zero-order valence-corrected chi connectivity index (χ0v) is 18.1. The minimum atomic E-state index is -4.63. The molecule has 1 amide bonds. The Balaban J connectivity index is 1.58. The maximum atomic E-state index is 13.4. The third-order valence-electron chi connectivity index (χ3n) is 6.87. The molecule has 0 spiro atoms. The van der Waals surface area contributed by atoms with Gasteiger partial charge in [-0.15, -0.1) is 0 Å². The summed E-state index contributed by atoms with van der Waals surface area (Å²) in [5, 5.41) is 19.3. The van der Waals surface area contributed by atoms with Gasteiger partial charge in [-0.05, 0) is 36.8 Å². The van der Waals surface area contributed by atoms with Crippen LogP contribution in [0.2, 0.25) is 0 Å². The number of aliphatic hydroxyl groups excluding tert-OH is 1. The number of benzene rings is 2. The number of piperidine rings is 1. The molecule has 0 saturated carbocycles. The fourth-order valence-electron chi connectivity index (χ4n) is 4.98. The van der Waals surface area contributed by atoms with Gasteiger partial charge in [0.25, 0.3) is 5.91 Å². The lowest BCUT2D eigenvalue weighted by atomic mass is 9.73. The molecule has 2 aliphatic rings. The highest BCUT2D eigenvalue weighted by molar-refractivity contribution is 5.97. The lowest BCUT2D eigenvalue weighted by Crippen LogP contribution is -2.49. The molecule has 2 saturated heterocycles. The van der Waals surface area contributed by atoms with Crippen molar-refractivity contribution in [2.45, 2.75) is 12.6 Å². The van der Waals surface area contributed by atoms with Crippen molar-refractivity contribution in [3.05, 3.63) is 59.2 Å². The Hall–Kier alpha value is -3.25. The molecule has 0 bridgehead atoms. The highest BCUT2D eigenvalue weighted by atomic mass is 19.4. The molecule has 4 rings (SSSR count). The maximum absolute atomic E-state index is 13.4. The van der Waals surface area contributed by atoms with Crippen LogP contribution in [-0.2, 0) is 6.18 Å². The highest BCUT2D eigenvalue weighted by Gasteiger charge is 2.50. The Bertz CT molecular complexity index is 1100. The SMILES string of the molecule is COc1ccccc1C(=O)N1C[C@H]2CN(c3ccc(C#N)c(C(F)(F)F)c3)CC[C@@]2(CO)C1. The monoisotopic (exact) mass is 459 g/mol. The van der Waals surface area contributed by atoms with Gasteiger partial charge in [-0.3, -0.25) is 4.79 Å². The summed E-state index contributed by atoms with van der Waals surface area (Å²) in [4.78, 5) is 16.7. The number of hydrogen-bond donors (Lipinski definition) is 1. The van der Waals surface area contributed by atoms with E-state index in [1.54, 1.807) is 35.2 Å². The van der Waals surface area contributed by atoms with Gasteiger partial charge in [0.1, 0.15) is 5.75 Å². The first kappa shape index (κ1) is 22.9. The van der Waals surface area contributed by atoms with Crippen molar-refractivity contribution in [1.29, 1.82) is 5.26 Å². The van der Waals surface area contributed by atoms with Crippen molar-refractivity contribution < 1.29 is 27.8 Å².